The number of nitro groups is 1. The standard InChI is InChI=1S/C9H8N2O5/c1-16-9(12)7-2-6(5-10-13)3-8(4-7)11(14)15/h2-4H,5H2,1H3. The molecule has 0 aromatic heterocycles. The summed E-state index contributed by atoms with van der Waals surface area (Å²) in [5.41, 5.74) is 0.0431. The van der Waals surface area contributed by atoms with Gasteiger partial charge in [0.15, 0.2) is 0 Å². The molecule has 0 radical (unpaired) electrons. The van der Waals surface area contributed by atoms with Crippen molar-refractivity contribution in [3.63, 3.8) is 0 Å². The van der Waals surface area contributed by atoms with Crippen LogP contribution in [-0.4, -0.2) is 18.0 Å². The van der Waals surface area contributed by atoms with Gasteiger partial charge in [0.2, 0.25) is 0 Å². The van der Waals surface area contributed by atoms with Crippen molar-refractivity contribution >= 4 is 11.7 Å². The first kappa shape index (κ1) is 11.8. The van der Waals surface area contributed by atoms with E-state index < -0.39 is 10.9 Å². The summed E-state index contributed by atoms with van der Waals surface area (Å²) in [5.74, 6) is -0.698. The van der Waals surface area contributed by atoms with Crippen molar-refractivity contribution in [2.45, 2.75) is 6.54 Å². The minimum Gasteiger partial charge on any atom is -0.465 e. The second-order valence-corrected chi connectivity index (χ2v) is 2.92. The van der Waals surface area contributed by atoms with Crippen molar-refractivity contribution < 1.29 is 14.5 Å². The lowest BCUT2D eigenvalue weighted by atomic mass is 10.1. The van der Waals surface area contributed by atoms with Gasteiger partial charge in [-0.15, -0.1) is 0 Å². The minimum atomic E-state index is -0.698. The van der Waals surface area contributed by atoms with Crippen molar-refractivity contribution in [2.24, 2.45) is 5.18 Å². The molecule has 0 saturated heterocycles. The summed E-state index contributed by atoms with van der Waals surface area (Å²) >= 11 is 0. The highest BCUT2D eigenvalue weighted by Gasteiger charge is 2.14. The van der Waals surface area contributed by atoms with Gasteiger partial charge in [-0.1, -0.05) is 5.18 Å². The Morgan fingerprint density at radius 3 is 2.69 bits per heavy atom. The first-order valence-corrected chi connectivity index (χ1v) is 4.24. The van der Waals surface area contributed by atoms with E-state index >= 15 is 0 Å². The molecule has 0 bridgehead atoms. The van der Waals surface area contributed by atoms with Crippen molar-refractivity contribution in [2.75, 3.05) is 7.11 Å². The van der Waals surface area contributed by atoms with E-state index in [-0.39, 0.29) is 17.8 Å². The first-order chi connectivity index (χ1) is 7.58. The van der Waals surface area contributed by atoms with Gasteiger partial charge in [-0.25, -0.2) is 4.79 Å². The Labute approximate surface area is 90.1 Å². The average Bonchev–Trinajstić information content (AvgIpc) is 2.28. The van der Waals surface area contributed by atoms with E-state index in [1.807, 2.05) is 0 Å². The van der Waals surface area contributed by atoms with E-state index in [4.69, 9.17) is 0 Å². The molecule has 0 amide bonds. The van der Waals surface area contributed by atoms with Crippen LogP contribution in [0.3, 0.4) is 0 Å². The number of ether oxygens (including phenoxy) is 1. The number of nitro benzene ring substituents is 1. The predicted molar refractivity (Wildman–Crippen MR) is 53.9 cm³/mol. The van der Waals surface area contributed by atoms with Crippen molar-refractivity contribution in [3.8, 4) is 0 Å². The van der Waals surface area contributed by atoms with Crippen LogP contribution in [0.5, 0.6) is 0 Å². The largest absolute Gasteiger partial charge is 0.465 e. The van der Waals surface area contributed by atoms with E-state index in [0.29, 0.717) is 5.56 Å². The van der Waals surface area contributed by atoms with Crippen LogP contribution < -0.4 is 0 Å². The second kappa shape index (κ2) is 4.96. The molecular weight excluding hydrogens is 216 g/mol. The number of carbonyl (C=O) groups is 1. The molecule has 0 unspecified atom stereocenters. The van der Waals surface area contributed by atoms with Gasteiger partial charge in [0, 0.05) is 12.1 Å². The Hall–Kier alpha value is -2.31. The minimum absolute atomic E-state index is 0.0235. The highest BCUT2D eigenvalue weighted by molar-refractivity contribution is 5.90. The van der Waals surface area contributed by atoms with E-state index in [0.717, 1.165) is 6.07 Å². The lowest BCUT2D eigenvalue weighted by molar-refractivity contribution is -0.384. The van der Waals surface area contributed by atoms with E-state index in [1.54, 1.807) is 0 Å². The number of carbonyl (C=O) groups excluding carboxylic acids is 1. The van der Waals surface area contributed by atoms with Gasteiger partial charge >= 0.3 is 5.97 Å². The van der Waals surface area contributed by atoms with Crippen molar-refractivity contribution in [1.29, 1.82) is 0 Å². The summed E-state index contributed by atoms with van der Waals surface area (Å²) in [6.07, 6.45) is 0. The number of benzene rings is 1. The molecule has 0 aliphatic heterocycles. The number of nitroso groups, excluding NO2 is 1. The third-order valence-electron chi connectivity index (χ3n) is 1.86. The fraction of sp³-hybridized carbons (Fsp3) is 0.222. The molecule has 0 aliphatic rings. The molecule has 0 fully saturated rings. The Kier molecular flexibility index (Phi) is 3.65. The molecule has 1 rings (SSSR count). The fourth-order valence-electron chi connectivity index (χ4n) is 1.18. The Morgan fingerprint density at radius 2 is 2.19 bits per heavy atom. The number of esters is 1. The quantitative estimate of drug-likeness (QED) is 0.335. The van der Waals surface area contributed by atoms with Gasteiger partial charge in [-0.3, -0.25) is 10.1 Å². The van der Waals surface area contributed by atoms with Crippen LogP contribution in [0, 0.1) is 15.0 Å². The Bertz CT molecular complexity index is 444. The van der Waals surface area contributed by atoms with Crippen LogP contribution in [-0.2, 0) is 11.3 Å². The molecule has 0 aliphatic carbocycles. The molecule has 0 heterocycles. The van der Waals surface area contributed by atoms with Crippen LogP contribution in [0.2, 0.25) is 0 Å². The number of hydrogen-bond donors (Lipinski definition) is 0. The highest BCUT2D eigenvalue weighted by Crippen LogP contribution is 2.18. The molecule has 16 heavy (non-hydrogen) atoms. The zero-order chi connectivity index (χ0) is 12.1. The van der Waals surface area contributed by atoms with E-state index in [9.17, 15) is 19.8 Å². The highest BCUT2D eigenvalue weighted by atomic mass is 16.6. The molecule has 7 nitrogen and oxygen atoms in total. The number of rotatable bonds is 4. The van der Waals surface area contributed by atoms with Gasteiger partial charge < -0.3 is 4.74 Å². The normalized spacial score (nSPS) is 9.56. The maximum Gasteiger partial charge on any atom is 0.338 e. The SMILES string of the molecule is COC(=O)c1cc(CN=O)cc([N+](=O)[O-])c1. The molecule has 1 aromatic rings. The summed E-state index contributed by atoms with van der Waals surface area (Å²) in [6, 6.07) is 3.61. The lowest BCUT2D eigenvalue weighted by Gasteiger charge is -2.01. The number of non-ortho nitro benzene ring substituents is 1. The maximum absolute atomic E-state index is 11.2. The molecule has 0 spiro atoms. The third-order valence-corrected chi connectivity index (χ3v) is 1.86. The van der Waals surface area contributed by atoms with Crippen LogP contribution in [0.15, 0.2) is 23.4 Å². The number of hydrogen-bond acceptors (Lipinski definition) is 6. The average molecular weight is 224 g/mol. The molecule has 7 heteroatoms. The predicted octanol–water partition coefficient (Wildman–Crippen LogP) is 1.65. The van der Waals surface area contributed by atoms with Gasteiger partial charge in [0.1, 0.15) is 6.54 Å². The summed E-state index contributed by atoms with van der Waals surface area (Å²) in [7, 11) is 1.17. The maximum atomic E-state index is 11.2. The monoisotopic (exact) mass is 224 g/mol. The van der Waals surface area contributed by atoms with Gasteiger partial charge in [0.05, 0.1) is 17.6 Å². The summed E-state index contributed by atoms with van der Waals surface area (Å²) in [6.45, 7) is -0.230. The molecule has 0 atom stereocenters. The molecule has 84 valence electrons. The topological polar surface area (TPSA) is 98.9 Å². The van der Waals surface area contributed by atoms with E-state index in [1.165, 1.54) is 19.2 Å². The molecule has 0 saturated carbocycles. The summed E-state index contributed by atoms with van der Waals surface area (Å²) < 4.78 is 4.43. The van der Waals surface area contributed by atoms with Crippen molar-refractivity contribution in [1.82, 2.24) is 0 Å². The van der Waals surface area contributed by atoms with Gasteiger partial charge in [-0.05, 0) is 11.6 Å². The fourth-order valence-corrected chi connectivity index (χ4v) is 1.18. The van der Waals surface area contributed by atoms with Crippen LogP contribution in [0.1, 0.15) is 15.9 Å². The smallest absolute Gasteiger partial charge is 0.338 e. The van der Waals surface area contributed by atoms with Gasteiger partial charge in [0.25, 0.3) is 5.69 Å². The van der Waals surface area contributed by atoms with Crippen LogP contribution >= 0.6 is 0 Å². The number of nitrogens with zero attached hydrogens (tertiary/aromatic N) is 2. The first-order valence-electron chi connectivity index (χ1n) is 4.24. The second-order valence-electron chi connectivity index (χ2n) is 2.92. The number of methoxy groups -OCH3 is 1. The Balaban J connectivity index is 3.23. The molecular formula is C9H8N2O5. The van der Waals surface area contributed by atoms with Gasteiger partial charge in [-0.2, -0.15) is 4.91 Å². The third kappa shape index (κ3) is 2.59. The zero-order valence-electron chi connectivity index (χ0n) is 8.37. The molecule has 1 aromatic carbocycles. The molecule has 0 N–H and O–H groups in total. The zero-order valence-corrected chi connectivity index (χ0v) is 8.37. The van der Waals surface area contributed by atoms with Crippen LogP contribution in [0.4, 0.5) is 5.69 Å². The summed E-state index contributed by atoms with van der Waals surface area (Å²) in [5, 5.41) is 13.2. The van der Waals surface area contributed by atoms with Crippen molar-refractivity contribution in [3.05, 3.63) is 44.3 Å². The van der Waals surface area contributed by atoms with Crippen LogP contribution in [0.25, 0.3) is 0 Å². The lowest BCUT2D eigenvalue weighted by Crippen LogP contribution is -2.03. The van der Waals surface area contributed by atoms with E-state index in [2.05, 4.69) is 9.91 Å². The Morgan fingerprint density at radius 1 is 1.50 bits per heavy atom. The summed E-state index contributed by atoms with van der Waals surface area (Å²) in [4.78, 5) is 31.2.